The Bertz CT molecular complexity index is 1250. The van der Waals surface area contributed by atoms with Gasteiger partial charge in [0, 0.05) is 17.1 Å². The van der Waals surface area contributed by atoms with E-state index in [1.165, 1.54) is 6.08 Å². The van der Waals surface area contributed by atoms with Gasteiger partial charge in [0.25, 0.3) is 5.91 Å². The first-order valence-electron chi connectivity index (χ1n) is 9.57. The van der Waals surface area contributed by atoms with Gasteiger partial charge in [0.2, 0.25) is 0 Å². The largest absolute Gasteiger partial charge is 0.416 e. The average molecular weight is 458 g/mol. The van der Waals surface area contributed by atoms with Crippen LogP contribution in [0.15, 0.2) is 54.1 Å². The number of carbonyl (C=O) groups excluding carboxylic acids is 1. The summed E-state index contributed by atoms with van der Waals surface area (Å²) in [5.41, 5.74) is 2.96. The molecule has 0 saturated heterocycles. The summed E-state index contributed by atoms with van der Waals surface area (Å²) in [5, 5.41) is 11.7. The maximum absolute atomic E-state index is 13.0. The number of nitrogens with zero attached hydrogens (tertiary/aromatic N) is 2. The Balaban J connectivity index is 1.94. The van der Waals surface area contributed by atoms with Gasteiger partial charge < -0.3 is 9.88 Å². The van der Waals surface area contributed by atoms with Gasteiger partial charge in [-0.2, -0.15) is 18.4 Å². The molecule has 164 valence electrons. The molecule has 0 aliphatic heterocycles. The molecular weight excluding hydrogens is 439 g/mol. The molecule has 2 aromatic carbocycles. The first-order valence-corrected chi connectivity index (χ1v) is 9.95. The fourth-order valence-corrected chi connectivity index (χ4v) is 3.48. The molecule has 0 aliphatic rings. The maximum atomic E-state index is 13.0. The number of anilines is 1. The van der Waals surface area contributed by atoms with Crippen molar-refractivity contribution < 1.29 is 18.0 Å². The van der Waals surface area contributed by atoms with Gasteiger partial charge in [-0.3, -0.25) is 4.79 Å². The summed E-state index contributed by atoms with van der Waals surface area (Å²) < 4.78 is 40.9. The molecule has 1 aromatic heterocycles. The second kappa shape index (κ2) is 8.93. The summed E-state index contributed by atoms with van der Waals surface area (Å²) in [5.74, 6) is -0.853. The molecule has 1 amide bonds. The Labute approximate surface area is 188 Å². The number of hydrogen-bond donors (Lipinski definition) is 1. The molecule has 0 bridgehead atoms. The highest BCUT2D eigenvalue weighted by Gasteiger charge is 2.31. The van der Waals surface area contributed by atoms with Gasteiger partial charge in [0.05, 0.1) is 16.3 Å². The number of alkyl halides is 3. The lowest BCUT2D eigenvalue weighted by Crippen LogP contribution is -2.15. The molecular formula is C24H19ClF3N3O. The van der Waals surface area contributed by atoms with Crippen molar-refractivity contribution in [2.75, 3.05) is 5.32 Å². The minimum Gasteiger partial charge on any atom is -0.320 e. The zero-order valence-corrected chi connectivity index (χ0v) is 18.3. The highest BCUT2D eigenvalue weighted by Crippen LogP contribution is 2.34. The summed E-state index contributed by atoms with van der Waals surface area (Å²) in [7, 11) is 0. The van der Waals surface area contributed by atoms with E-state index in [1.807, 2.05) is 61.7 Å². The van der Waals surface area contributed by atoms with Gasteiger partial charge >= 0.3 is 6.18 Å². The van der Waals surface area contributed by atoms with E-state index >= 15 is 0 Å². The Kier molecular flexibility index (Phi) is 6.47. The van der Waals surface area contributed by atoms with E-state index in [0.717, 1.165) is 40.8 Å². The fraction of sp³-hybridized carbons (Fsp3) is 0.167. The van der Waals surface area contributed by atoms with Crippen LogP contribution in [0.1, 0.15) is 28.1 Å². The smallest absolute Gasteiger partial charge is 0.320 e. The van der Waals surface area contributed by atoms with Crippen LogP contribution in [-0.2, 0) is 11.0 Å². The Hall–Kier alpha value is -3.50. The Morgan fingerprint density at radius 3 is 2.34 bits per heavy atom. The van der Waals surface area contributed by atoms with Crippen molar-refractivity contribution in [1.82, 2.24) is 4.57 Å². The predicted molar refractivity (Wildman–Crippen MR) is 119 cm³/mol. The maximum Gasteiger partial charge on any atom is 0.416 e. The van der Waals surface area contributed by atoms with E-state index in [1.54, 1.807) is 0 Å². The van der Waals surface area contributed by atoms with Gasteiger partial charge in [-0.15, -0.1) is 0 Å². The summed E-state index contributed by atoms with van der Waals surface area (Å²) in [6.45, 7) is 5.75. The molecule has 3 rings (SSSR count). The second-order valence-corrected chi connectivity index (χ2v) is 7.72. The number of aromatic nitrogens is 1. The minimum absolute atomic E-state index is 0.0683. The number of benzene rings is 2. The number of nitriles is 1. The van der Waals surface area contributed by atoms with Crippen LogP contribution in [0.3, 0.4) is 0 Å². The van der Waals surface area contributed by atoms with Crippen LogP contribution in [0, 0.1) is 32.1 Å². The number of hydrogen-bond acceptors (Lipinski definition) is 2. The van der Waals surface area contributed by atoms with Crippen LogP contribution in [0.25, 0.3) is 11.8 Å². The lowest BCUT2D eigenvalue weighted by atomic mass is 10.1. The van der Waals surface area contributed by atoms with Gasteiger partial charge in [-0.25, -0.2) is 0 Å². The molecule has 4 nitrogen and oxygen atoms in total. The molecule has 0 saturated carbocycles. The van der Waals surface area contributed by atoms with Crippen LogP contribution in [-0.4, -0.2) is 10.5 Å². The summed E-state index contributed by atoms with van der Waals surface area (Å²) in [4.78, 5) is 12.6. The van der Waals surface area contributed by atoms with E-state index in [-0.39, 0.29) is 16.3 Å². The molecule has 0 aliphatic carbocycles. The number of amides is 1. The van der Waals surface area contributed by atoms with E-state index in [9.17, 15) is 23.2 Å². The van der Waals surface area contributed by atoms with Crippen molar-refractivity contribution >= 4 is 29.3 Å². The normalized spacial score (nSPS) is 11.9. The number of halogens is 4. The first kappa shape index (κ1) is 23.2. The van der Waals surface area contributed by atoms with Crippen LogP contribution in [0.5, 0.6) is 0 Å². The highest BCUT2D eigenvalue weighted by molar-refractivity contribution is 6.34. The highest BCUT2D eigenvalue weighted by atomic mass is 35.5. The van der Waals surface area contributed by atoms with Gasteiger partial charge in [-0.1, -0.05) is 29.3 Å². The summed E-state index contributed by atoms with van der Waals surface area (Å²) >= 11 is 5.94. The summed E-state index contributed by atoms with van der Waals surface area (Å²) in [6, 6.07) is 14.1. The van der Waals surface area contributed by atoms with E-state index in [2.05, 4.69) is 5.32 Å². The van der Waals surface area contributed by atoms with E-state index < -0.39 is 17.6 Å². The lowest BCUT2D eigenvalue weighted by Gasteiger charge is -2.11. The Morgan fingerprint density at radius 1 is 1.09 bits per heavy atom. The third-order valence-electron chi connectivity index (χ3n) is 4.97. The van der Waals surface area contributed by atoms with Crippen molar-refractivity contribution in [2.45, 2.75) is 26.9 Å². The molecule has 0 atom stereocenters. The second-order valence-electron chi connectivity index (χ2n) is 7.31. The first-order chi connectivity index (χ1) is 15.0. The zero-order chi connectivity index (χ0) is 23.6. The molecule has 0 fully saturated rings. The van der Waals surface area contributed by atoms with Crippen molar-refractivity contribution in [3.05, 3.63) is 87.2 Å². The van der Waals surface area contributed by atoms with Crippen LogP contribution < -0.4 is 5.32 Å². The van der Waals surface area contributed by atoms with Gasteiger partial charge in [-0.05, 0) is 68.8 Å². The van der Waals surface area contributed by atoms with Crippen molar-refractivity contribution in [1.29, 1.82) is 5.26 Å². The predicted octanol–water partition coefficient (Wildman–Crippen LogP) is 6.62. The topological polar surface area (TPSA) is 57.8 Å². The monoisotopic (exact) mass is 457 g/mol. The molecule has 0 spiro atoms. The number of carbonyl (C=O) groups is 1. The molecule has 1 N–H and O–H groups in total. The molecule has 32 heavy (non-hydrogen) atoms. The van der Waals surface area contributed by atoms with Crippen LogP contribution >= 0.6 is 11.6 Å². The molecule has 1 heterocycles. The molecule has 3 aromatic rings. The molecule has 8 heteroatoms. The summed E-state index contributed by atoms with van der Waals surface area (Å²) in [6.07, 6.45) is -3.19. The van der Waals surface area contributed by atoms with Gasteiger partial charge in [0.1, 0.15) is 11.6 Å². The van der Waals surface area contributed by atoms with Crippen molar-refractivity contribution in [2.24, 2.45) is 0 Å². The third-order valence-corrected chi connectivity index (χ3v) is 5.30. The number of rotatable bonds is 4. The number of nitrogens with one attached hydrogen (secondary N) is 1. The fourth-order valence-electron chi connectivity index (χ4n) is 3.32. The standard InChI is InChI=1S/C24H19ClF3N3O/c1-14-4-7-20(8-5-14)31-15(2)10-17(16(31)3)11-18(13-29)23(32)30-22-12-19(24(26,27)28)6-9-21(22)25/h4-12H,1-3H3,(H,30,32)/b18-11+. The van der Waals surface area contributed by atoms with Crippen LogP contribution in [0.2, 0.25) is 5.02 Å². The third kappa shape index (κ3) is 4.87. The molecule has 0 radical (unpaired) electrons. The number of aryl methyl sites for hydroxylation is 2. The van der Waals surface area contributed by atoms with Crippen molar-refractivity contribution in [3.8, 4) is 11.8 Å². The van der Waals surface area contributed by atoms with E-state index in [4.69, 9.17) is 11.6 Å². The van der Waals surface area contributed by atoms with Crippen molar-refractivity contribution in [3.63, 3.8) is 0 Å². The van der Waals surface area contributed by atoms with Gasteiger partial charge in [0.15, 0.2) is 0 Å². The molecule has 0 unspecified atom stereocenters. The Morgan fingerprint density at radius 2 is 1.75 bits per heavy atom. The van der Waals surface area contributed by atoms with E-state index in [0.29, 0.717) is 5.56 Å². The average Bonchev–Trinajstić information content (AvgIpc) is 3.00. The van der Waals surface area contributed by atoms with Crippen LogP contribution in [0.4, 0.5) is 18.9 Å². The zero-order valence-electron chi connectivity index (χ0n) is 17.5. The quantitative estimate of drug-likeness (QED) is 0.353. The minimum atomic E-state index is -4.59. The lowest BCUT2D eigenvalue weighted by molar-refractivity contribution is -0.137. The SMILES string of the molecule is Cc1ccc(-n2c(C)cc(/C=C(\C#N)C(=O)Nc3cc(C(F)(F)F)ccc3Cl)c2C)cc1.